The van der Waals surface area contributed by atoms with Crippen LogP contribution in [0.25, 0.3) is 0 Å². The number of halogens is 1. The monoisotopic (exact) mass is 281 g/mol. The molecule has 2 rings (SSSR count). The molecule has 0 spiro atoms. The second-order valence-electron chi connectivity index (χ2n) is 5.62. The highest BCUT2D eigenvalue weighted by atomic mass is 19.1. The van der Waals surface area contributed by atoms with E-state index >= 15 is 0 Å². The molecule has 0 atom stereocenters. The fourth-order valence-electron chi connectivity index (χ4n) is 2.78. The number of benzene rings is 1. The molecule has 0 N–H and O–H groups in total. The highest BCUT2D eigenvalue weighted by molar-refractivity contribution is 5.42. The van der Waals surface area contributed by atoms with E-state index in [1.807, 2.05) is 6.08 Å². The van der Waals surface area contributed by atoms with Crippen LogP contribution in [0.2, 0.25) is 0 Å². The highest BCUT2D eigenvalue weighted by Gasteiger charge is 2.17. The maximum absolute atomic E-state index is 13.4. The summed E-state index contributed by atoms with van der Waals surface area (Å²) in [5.74, 6) is 6.90. The van der Waals surface area contributed by atoms with E-state index in [-0.39, 0.29) is 5.56 Å². The maximum atomic E-state index is 13.4. The van der Waals surface area contributed by atoms with E-state index in [1.165, 1.54) is 44.2 Å². The quantitative estimate of drug-likeness (QED) is 0.713. The van der Waals surface area contributed by atoms with Gasteiger partial charge in [0.2, 0.25) is 0 Å². The fourth-order valence-corrected chi connectivity index (χ4v) is 2.78. The van der Waals surface area contributed by atoms with Gasteiger partial charge in [-0.3, -0.25) is 0 Å². The van der Waals surface area contributed by atoms with E-state index in [4.69, 9.17) is 5.26 Å². The van der Waals surface area contributed by atoms with Gasteiger partial charge in [0.15, 0.2) is 0 Å². The predicted molar refractivity (Wildman–Crippen MR) is 82.9 cm³/mol. The molecule has 0 heterocycles. The van der Waals surface area contributed by atoms with E-state index in [2.05, 4.69) is 24.8 Å². The SMILES string of the molecule is CC[C@H]1CC[C@H](/C=C/C#Cc2ccc(C#N)c(F)c2)CC1. The van der Waals surface area contributed by atoms with Crippen molar-refractivity contribution in [1.82, 2.24) is 0 Å². The van der Waals surface area contributed by atoms with Crippen LogP contribution in [-0.2, 0) is 0 Å². The molecule has 1 fully saturated rings. The van der Waals surface area contributed by atoms with Crippen molar-refractivity contribution in [2.24, 2.45) is 11.8 Å². The highest BCUT2D eigenvalue weighted by Crippen LogP contribution is 2.31. The lowest BCUT2D eigenvalue weighted by Gasteiger charge is -2.25. The van der Waals surface area contributed by atoms with Crippen LogP contribution in [0.4, 0.5) is 4.39 Å². The summed E-state index contributed by atoms with van der Waals surface area (Å²) >= 11 is 0. The number of hydrogen-bond donors (Lipinski definition) is 0. The van der Waals surface area contributed by atoms with Gasteiger partial charge in [-0.25, -0.2) is 4.39 Å². The van der Waals surface area contributed by atoms with Crippen LogP contribution < -0.4 is 0 Å². The van der Waals surface area contributed by atoms with Crippen molar-refractivity contribution in [2.75, 3.05) is 0 Å². The fraction of sp³-hybridized carbons (Fsp3) is 0.421. The Labute approximate surface area is 126 Å². The van der Waals surface area contributed by atoms with E-state index in [0.29, 0.717) is 11.5 Å². The van der Waals surface area contributed by atoms with Gasteiger partial charge in [0, 0.05) is 5.56 Å². The zero-order valence-corrected chi connectivity index (χ0v) is 12.4. The third-order valence-corrected chi connectivity index (χ3v) is 4.23. The van der Waals surface area contributed by atoms with Gasteiger partial charge in [-0.15, -0.1) is 0 Å². The first-order valence-electron chi connectivity index (χ1n) is 7.60. The molecule has 21 heavy (non-hydrogen) atoms. The summed E-state index contributed by atoms with van der Waals surface area (Å²) in [6.07, 6.45) is 10.5. The summed E-state index contributed by atoms with van der Waals surface area (Å²) in [4.78, 5) is 0. The van der Waals surface area contributed by atoms with Gasteiger partial charge >= 0.3 is 0 Å². The summed E-state index contributed by atoms with van der Waals surface area (Å²) < 4.78 is 13.4. The molecule has 0 amide bonds. The standard InChI is InChI=1S/C19H20FN/c1-2-15-7-9-16(10-8-15)5-3-4-6-17-11-12-18(14-21)19(20)13-17/h3,5,11-13,15-16H,2,7-10H2,1H3/b5-3+/t15-,16-. The number of nitriles is 1. The summed E-state index contributed by atoms with van der Waals surface area (Å²) in [7, 11) is 0. The van der Waals surface area contributed by atoms with Gasteiger partial charge in [-0.05, 0) is 61.8 Å². The molecule has 0 radical (unpaired) electrons. The van der Waals surface area contributed by atoms with Gasteiger partial charge in [0.05, 0.1) is 5.56 Å². The molecule has 0 saturated heterocycles. The summed E-state index contributed by atoms with van der Waals surface area (Å²) in [6.45, 7) is 2.27. The average molecular weight is 281 g/mol. The van der Waals surface area contributed by atoms with Crippen molar-refractivity contribution in [2.45, 2.75) is 39.0 Å². The molecule has 1 aliphatic rings. The molecule has 108 valence electrons. The van der Waals surface area contributed by atoms with Crippen molar-refractivity contribution in [3.05, 3.63) is 47.3 Å². The van der Waals surface area contributed by atoms with Crippen LogP contribution in [-0.4, -0.2) is 0 Å². The van der Waals surface area contributed by atoms with Crippen LogP contribution in [0.5, 0.6) is 0 Å². The van der Waals surface area contributed by atoms with Crippen LogP contribution in [0.3, 0.4) is 0 Å². The predicted octanol–water partition coefficient (Wildman–Crippen LogP) is 4.82. The zero-order chi connectivity index (χ0) is 15.1. The number of hydrogen-bond acceptors (Lipinski definition) is 1. The minimum atomic E-state index is -0.508. The third-order valence-electron chi connectivity index (χ3n) is 4.23. The van der Waals surface area contributed by atoms with Gasteiger partial charge in [0.25, 0.3) is 0 Å². The Morgan fingerprint density at radius 3 is 2.67 bits per heavy atom. The van der Waals surface area contributed by atoms with Gasteiger partial charge in [-0.1, -0.05) is 31.3 Å². The first kappa shape index (κ1) is 15.3. The van der Waals surface area contributed by atoms with Crippen molar-refractivity contribution < 1.29 is 4.39 Å². The van der Waals surface area contributed by atoms with Crippen molar-refractivity contribution in [3.63, 3.8) is 0 Å². The number of nitrogens with zero attached hydrogens (tertiary/aromatic N) is 1. The van der Waals surface area contributed by atoms with Gasteiger partial charge in [-0.2, -0.15) is 5.26 Å². The molecule has 1 aliphatic carbocycles. The molecule has 1 nitrogen and oxygen atoms in total. The van der Waals surface area contributed by atoms with Gasteiger partial charge < -0.3 is 0 Å². The Morgan fingerprint density at radius 2 is 2.05 bits per heavy atom. The third kappa shape index (κ3) is 4.47. The summed E-state index contributed by atoms with van der Waals surface area (Å²) in [6, 6.07) is 6.26. The van der Waals surface area contributed by atoms with Crippen LogP contribution in [0.15, 0.2) is 30.4 Å². The van der Waals surface area contributed by atoms with Crippen molar-refractivity contribution >= 4 is 0 Å². The minimum Gasteiger partial charge on any atom is -0.206 e. The molecule has 0 bridgehead atoms. The zero-order valence-electron chi connectivity index (χ0n) is 12.4. The Bertz CT molecular complexity index is 605. The largest absolute Gasteiger partial charge is 0.206 e. The molecule has 1 saturated carbocycles. The van der Waals surface area contributed by atoms with E-state index in [9.17, 15) is 4.39 Å². The Balaban J connectivity index is 1.90. The number of allylic oxidation sites excluding steroid dienone is 2. The second-order valence-corrected chi connectivity index (χ2v) is 5.62. The lowest BCUT2D eigenvalue weighted by Crippen LogP contribution is -2.11. The Hall–Kier alpha value is -2.06. The lowest BCUT2D eigenvalue weighted by molar-refractivity contribution is 0.304. The van der Waals surface area contributed by atoms with Crippen molar-refractivity contribution in [1.29, 1.82) is 5.26 Å². The first-order valence-corrected chi connectivity index (χ1v) is 7.60. The molecule has 2 heteroatoms. The summed E-state index contributed by atoms with van der Waals surface area (Å²) in [5.41, 5.74) is 0.662. The Morgan fingerprint density at radius 1 is 1.29 bits per heavy atom. The molecule has 0 aromatic heterocycles. The first-order chi connectivity index (χ1) is 10.2. The minimum absolute atomic E-state index is 0.0591. The average Bonchev–Trinajstić information content (AvgIpc) is 2.52. The topological polar surface area (TPSA) is 23.8 Å². The second kappa shape index (κ2) is 7.65. The van der Waals surface area contributed by atoms with Gasteiger partial charge in [0.1, 0.15) is 11.9 Å². The molecular formula is C19H20FN. The van der Waals surface area contributed by atoms with Crippen LogP contribution in [0, 0.1) is 40.8 Å². The lowest BCUT2D eigenvalue weighted by atomic mass is 9.81. The summed E-state index contributed by atoms with van der Waals surface area (Å²) in [5, 5.41) is 8.67. The normalized spacial score (nSPS) is 21.6. The van der Waals surface area contributed by atoms with Crippen LogP contribution in [0.1, 0.15) is 50.2 Å². The maximum Gasteiger partial charge on any atom is 0.142 e. The van der Waals surface area contributed by atoms with E-state index in [1.54, 1.807) is 12.1 Å². The molecule has 1 aromatic rings. The van der Waals surface area contributed by atoms with E-state index < -0.39 is 5.82 Å². The molecule has 0 unspecified atom stereocenters. The van der Waals surface area contributed by atoms with E-state index in [0.717, 1.165) is 5.92 Å². The molecule has 1 aromatic carbocycles. The Kier molecular flexibility index (Phi) is 5.59. The van der Waals surface area contributed by atoms with Crippen LogP contribution >= 0.6 is 0 Å². The molecular weight excluding hydrogens is 261 g/mol. The smallest absolute Gasteiger partial charge is 0.142 e. The molecule has 0 aliphatic heterocycles. The van der Waals surface area contributed by atoms with Crippen molar-refractivity contribution in [3.8, 4) is 17.9 Å². The number of rotatable bonds is 2.